The SMILES string of the molecule is CC.CC1(C)OB(O)c2ccc(CNC=O)cc21.CCNC(=O)C(N)CCC=O.CCc1ccc(C(F)(F)F)cc1.CN(CCN)CCN. The van der Waals surface area contributed by atoms with E-state index in [0.717, 1.165) is 73.2 Å². The van der Waals surface area contributed by atoms with E-state index in [0.29, 0.717) is 32.3 Å². The van der Waals surface area contributed by atoms with Crippen LogP contribution in [0.4, 0.5) is 13.2 Å². The van der Waals surface area contributed by atoms with Crippen molar-refractivity contribution in [2.24, 2.45) is 17.2 Å². The maximum atomic E-state index is 12.0. The molecule has 2 amide bonds. The third-order valence-corrected chi connectivity index (χ3v) is 6.82. The van der Waals surface area contributed by atoms with Crippen LogP contribution in [0.5, 0.6) is 0 Å². The van der Waals surface area contributed by atoms with E-state index in [1.54, 1.807) is 0 Å². The molecule has 0 saturated carbocycles. The Morgan fingerprint density at radius 2 is 1.59 bits per heavy atom. The lowest BCUT2D eigenvalue weighted by molar-refractivity contribution is -0.137. The number of fused-ring (bicyclic) bond motifs is 1. The number of nitrogens with two attached hydrogens (primary N) is 3. The van der Waals surface area contributed by atoms with Crippen molar-refractivity contribution in [1.29, 1.82) is 0 Å². The van der Waals surface area contributed by atoms with Gasteiger partial charge in [0.1, 0.15) is 6.29 Å². The molecule has 1 heterocycles. The van der Waals surface area contributed by atoms with Crippen LogP contribution < -0.4 is 33.3 Å². The van der Waals surface area contributed by atoms with Gasteiger partial charge in [0.2, 0.25) is 12.3 Å². The zero-order chi connectivity index (χ0) is 38.0. The highest BCUT2D eigenvalue weighted by Crippen LogP contribution is 2.30. The fraction of sp³-hybridized carbons (Fsp3) is 0.559. The molecule has 1 unspecified atom stereocenters. The summed E-state index contributed by atoms with van der Waals surface area (Å²) in [6.45, 7) is 15.9. The first-order valence-electron chi connectivity index (χ1n) is 16.5. The molecule has 278 valence electrons. The van der Waals surface area contributed by atoms with Crippen molar-refractivity contribution >= 4 is 31.2 Å². The minimum Gasteiger partial charge on any atom is -0.423 e. The van der Waals surface area contributed by atoms with Gasteiger partial charge in [-0.2, -0.15) is 13.2 Å². The fourth-order valence-corrected chi connectivity index (χ4v) is 4.18. The number of rotatable bonds is 13. The second-order valence-corrected chi connectivity index (χ2v) is 11.1. The smallest absolute Gasteiger partial charge is 0.423 e. The number of carbonyl (C=O) groups is 3. The molecule has 1 aliphatic rings. The Morgan fingerprint density at radius 3 is 2.04 bits per heavy atom. The first kappa shape index (κ1) is 47.8. The van der Waals surface area contributed by atoms with Gasteiger partial charge < -0.3 is 47.2 Å². The van der Waals surface area contributed by atoms with E-state index < -0.39 is 30.5 Å². The number of alkyl halides is 3. The Balaban J connectivity index is 0. The van der Waals surface area contributed by atoms with Gasteiger partial charge >= 0.3 is 13.3 Å². The molecule has 2 aromatic carbocycles. The predicted octanol–water partition coefficient (Wildman–Crippen LogP) is 2.44. The van der Waals surface area contributed by atoms with Gasteiger partial charge in [-0.3, -0.25) is 9.59 Å². The average Bonchev–Trinajstić information content (AvgIpc) is 3.31. The molecule has 0 saturated heterocycles. The number of hydrogen-bond donors (Lipinski definition) is 6. The van der Waals surface area contributed by atoms with Crippen LogP contribution in [0.1, 0.15) is 76.6 Å². The molecule has 15 heteroatoms. The zero-order valence-corrected chi connectivity index (χ0v) is 30.1. The number of hydrogen-bond acceptors (Lipinski definition) is 9. The van der Waals surface area contributed by atoms with Gasteiger partial charge in [-0.05, 0) is 74.9 Å². The number of nitrogens with one attached hydrogen (secondary N) is 2. The van der Waals surface area contributed by atoms with Crippen LogP contribution >= 0.6 is 0 Å². The second kappa shape index (κ2) is 26.5. The largest absolute Gasteiger partial charge is 0.492 e. The zero-order valence-electron chi connectivity index (χ0n) is 30.1. The predicted molar refractivity (Wildman–Crippen MR) is 191 cm³/mol. The number of carbonyl (C=O) groups excluding carboxylic acids is 3. The van der Waals surface area contributed by atoms with Crippen molar-refractivity contribution in [2.75, 3.05) is 39.8 Å². The van der Waals surface area contributed by atoms with Crippen LogP contribution in [-0.4, -0.2) is 81.5 Å². The lowest BCUT2D eigenvalue weighted by Gasteiger charge is -2.20. The van der Waals surface area contributed by atoms with E-state index in [-0.39, 0.29) is 5.91 Å². The van der Waals surface area contributed by atoms with Gasteiger partial charge in [0.25, 0.3) is 0 Å². The Bertz CT molecular complexity index is 1180. The minimum absolute atomic E-state index is 0.186. The number of aryl methyl sites for hydroxylation is 1. The van der Waals surface area contributed by atoms with Crippen molar-refractivity contribution in [1.82, 2.24) is 15.5 Å². The number of nitrogens with zero attached hydrogens (tertiary/aromatic N) is 1. The first-order valence-corrected chi connectivity index (χ1v) is 16.5. The quantitative estimate of drug-likeness (QED) is 0.135. The number of benzene rings is 2. The van der Waals surface area contributed by atoms with Gasteiger partial charge in [-0.25, -0.2) is 0 Å². The van der Waals surface area contributed by atoms with Crippen molar-refractivity contribution in [2.45, 2.75) is 85.2 Å². The summed E-state index contributed by atoms with van der Waals surface area (Å²) >= 11 is 0. The summed E-state index contributed by atoms with van der Waals surface area (Å²) in [6.07, 6.45) is -1.25. The highest BCUT2D eigenvalue weighted by molar-refractivity contribution is 6.61. The first-order chi connectivity index (χ1) is 23.1. The van der Waals surface area contributed by atoms with Crippen LogP contribution in [0, 0.1) is 0 Å². The van der Waals surface area contributed by atoms with Crippen molar-refractivity contribution < 1.29 is 37.2 Å². The third kappa shape index (κ3) is 20.1. The van der Waals surface area contributed by atoms with Crippen LogP contribution in [0.3, 0.4) is 0 Å². The molecule has 0 aliphatic carbocycles. The van der Waals surface area contributed by atoms with Crippen LogP contribution in [0.15, 0.2) is 42.5 Å². The van der Waals surface area contributed by atoms with Gasteiger partial charge in [0, 0.05) is 45.7 Å². The van der Waals surface area contributed by atoms with Crippen LogP contribution in [0.2, 0.25) is 0 Å². The summed E-state index contributed by atoms with van der Waals surface area (Å²) in [5.74, 6) is -0.186. The summed E-state index contributed by atoms with van der Waals surface area (Å²) < 4.78 is 41.5. The van der Waals surface area contributed by atoms with Gasteiger partial charge in [0.05, 0.1) is 17.2 Å². The maximum absolute atomic E-state index is 12.0. The average molecular weight is 699 g/mol. The molecule has 0 fully saturated rings. The summed E-state index contributed by atoms with van der Waals surface area (Å²) in [7, 11) is 1.16. The normalized spacial score (nSPS) is 13.0. The van der Waals surface area contributed by atoms with Crippen molar-refractivity contribution in [3.63, 3.8) is 0 Å². The highest BCUT2D eigenvalue weighted by atomic mass is 19.4. The number of amides is 2. The molecule has 0 aromatic heterocycles. The number of aldehydes is 1. The standard InChI is InChI=1S/C11H14BNO3.C9H9F3.C7H14N2O2.C5H15N3.C2H6/c1-11(2)9-5-8(6-13-7-14)3-4-10(9)12(15)16-11;1-2-7-3-5-8(6-4-7)9(10,11)12;1-2-9-7(11)6(8)4-3-5-10;1-8(4-2-6)5-3-7;1-2/h3-5,7,15H,6H2,1-2H3,(H,13,14);3-6H,2H2,1H3;5-6H,2-4,8H2,1H3,(H,9,11);2-7H2,1H3;1-2H3. The highest BCUT2D eigenvalue weighted by Gasteiger charge is 2.40. The molecule has 0 bridgehead atoms. The molecule has 1 atom stereocenters. The molecule has 11 nitrogen and oxygen atoms in total. The topological polar surface area (TPSA) is 186 Å². The van der Waals surface area contributed by atoms with E-state index in [1.165, 1.54) is 12.1 Å². The summed E-state index contributed by atoms with van der Waals surface area (Å²) in [4.78, 5) is 33.1. The van der Waals surface area contributed by atoms with E-state index >= 15 is 0 Å². The molecular weight excluding hydrogens is 640 g/mol. The van der Waals surface area contributed by atoms with Gasteiger partial charge in [-0.15, -0.1) is 0 Å². The number of likely N-dealkylation sites (N-methyl/N-ethyl adjacent to an activating group) is 2. The third-order valence-electron chi connectivity index (χ3n) is 6.82. The monoisotopic (exact) mass is 698 g/mol. The van der Waals surface area contributed by atoms with E-state index in [4.69, 9.17) is 21.9 Å². The van der Waals surface area contributed by atoms with E-state index in [1.807, 2.05) is 66.8 Å². The van der Waals surface area contributed by atoms with Crippen molar-refractivity contribution in [3.05, 3.63) is 64.7 Å². The van der Waals surface area contributed by atoms with Crippen molar-refractivity contribution in [3.8, 4) is 0 Å². The van der Waals surface area contributed by atoms with Gasteiger partial charge in [-0.1, -0.05) is 51.1 Å². The summed E-state index contributed by atoms with van der Waals surface area (Å²) in [5.41, 5.74) is 18.6. The Kier molecular flexibility index (Phi) is 25.9. The molecule has 49 heavy (non-hydrogen) atoms. The molecule has 0 spiro atoms. The lowest BCUT2D eigenvalue weighted by Crippen LogP contribution is -2.40. The molecular formula is C34H58BF3N6O5. The molecule has 1 aliphatic heterocycles. The molecule has 2 aromatic rings. The van der Waals surface area contributed by atoms with Crippen LogP contribution in [-0.2, 0) is 43.8 Å². The molecule has 0 radical (unpaired) electrons. The number of halogens is 3. The van der Waals surface area contributed by atoms with E-state index in [9.17, 15) is 32.6 Å². The summed E-state index contributed by atoms with van der Waals surface area (Å²) in [5, 5.41) is 14.9. The second-order valence-electron chi connectivity index (χ2n) is 11.1. The van der Waals surface area contributed by atoms with Crippen LogP contribution in [0.25, 0.3) is 0 Å². The summed E-state index contributed by atoms with van der Waals surface area (Å²) in [6, 6.07) is 10.4. The maximum Gasteiger partial charge on any atom is 0.492 e. The lowest BCUT2D eigenvalue weighted by atomic mass is 9.78. The van der Waals surface area contributed by atoms with Gasteiger partial charge in [0.15, 0.2) is 0 Å². The molecule has 3 rings (SSSR count). The molecule has 9 N–H and O–H groups in total. The Labute approximate surface area is 290 Å². The minimum atomic E-state index is -4.22. The Hall–Kier alpha value is -3.34. The van der Waals surface area contributed by atoms with E-state index in [2.05, 4.69) is 15.5 Å². The Morgan fingerprint density at radius 1 is 1.04 bits per heavy atom. The fourth-order valence-electron chi connectivity index (χ4n) is 4.18.